The molecule has 4 aromatic rings. The number of furan rings is 4. The molecular formula is C20H23O7+. The van der Waals surface area contributed by atoms with Crippen molar-refractivity contribution in [3.8, 4) is 0 Å². The summed E-state index contributed by atoms with van der Waals surface area (Å²) < 4.78 is 21.2. The summed E-state index contributed by atoms with van der Waals surface area (Å²) in [5, 5.41) is 17.3. The monoisotopic (exact) mass is 375 g/mol. The van der Waals surface area contributed by atoms with E-state index < -0.39 is 0 Å². The van der Waals surface area contributed by atoms with Gasteiger partial charge < -0.3 is 33.4 Å². The lowest BCUT2D eigenvalue weighted by molar-refractivity contribution is 0.243. The van der Waals surface area contributed by atoms with Crippen LogP contribution in [0.25, 0.3) is 0 Å². The van der Waals surface area contributed by atoms with Crippen LogP contribution >= 0.6 is 0 Å². The predicted octanol–water partition coefficient (Wildman–Crippen LogP) is 3.20. The Kier molecular flexibility index (Phi) is 7.69. The van der Waals surface area contributed by atoms with E-state index in [0.29, 0.717) is 24.4 Å². The smallest absolute Gasteiger partial charge is 0.469 e. The molecule has 0 aliphatic carbocycles. The van der Waals surface area contributed by atoms with Crippen molar-refractivity contribution in [3.63, 3.8) is 0 Å². The predicted molar refractivity (Wildman–Crippen MR) is 97.0 cm³/mol. The third-order valence-electron chi connectivity index (χ3n) is 3.60. The van der Waals surface area contributed by atoms with Crippen LogP contribution in [0.2, 0.25) is 0 Å². The molecule has 27 heavy (non-hydrogen) atoms. The van der Waals surface area contributed by atoms with Gasteiger partial charge in [-0.2, -0.15) is 0 Å². The Bertz CT molecular complexity index is 876. The van der Waals surface area contributed by atoms with Gasteiger partial charge in [0.2, 0.25) is 0 Å². The first-order valence-electron chi connectivity index (χ1n) is 8.18. The second kappa shape index (κ2) is 10.2. The zero-order valence-corrected chi connectivity index (χ0v) is 14.6. The van der Waals surface area contributed by atoms with E-state index in [9.17, 15) is 0 Å². The minimum Gasteiger partial charge on any atom is -0.469 e. The zero-order chi connectivity index (χ0) is 18.2. The van der Waals surface area contributed by atoms with Crippen LogP contribution in [0.15, 0.2) is 78.7 Å². The molecule has 0 spiro atoms. The fraction of sp³-hybridized carbons (Fsp3) is 0.200. The summed E-state index contributed by atoms with van der Waals surface area (Å²) in [7, 11) is 0. The SMILES string of the molecule is O.OCc1ccc(Cc2ccc(Cc3ccco3)o2)o1.OCc1ccco1.[H+]. The number of aliphatic hydroxyl groups is 2. The summed E-state index contributed by atoms with van der Waals surface area (Å²) in [4.78, 5) is 0. The first-order valence-corrected chi connectivity index (χ1v) is 8.18. The molecule has 0 amide bonds. The second-order valence-corrected chi connectivity index (χ2v) is 5.56. The Hall–Kier alpha value is -3.00. The number of rotatable bonds is 6. The van der Waals surface area contributed by atoms with Crippen LogP contribution in [-0.4, -0.2) is 15.7 Å². The molecule has 0 fully saturated rings. The Morgan fingerprint density at radius 2 is 1.04 bits per heavy atom. The highest BCUT2D eigenvalue weighted by Gasteiger charge is 2.08. The van der Waals surface area contributed by atoms with Crippen molar-refractivity contribution in [3.05, 3.63) is 95.6 Å². The van der Waals surface area contributed by atoms with Crippen LogP contribution < -0.4 is 0 Å². The van der Waals surface area contributed by atoms with Gasteiger partial charge in [0.05, 0.1) is 25.4 Å². The lowest BCUT2D eigenvalue weighted by Crippen LogP contribution is -1.84. The Balaban J connectivity index is 0.000000373. The van der Waals surface area contributed by atoms with E-state index in [2.05, 4.69) is 0 Å². The molecule has 0 aliphatic heterocycles. The third-order valence-corrected chi connectivity index (χ3v) is 3.60. The van der Waals surface area contributed by atoms with Crippen LogP contribution in [0.4, 0.5) is 0 Å². The fourth-order valence-corrected chi connectivity index (χ4v) is 2.37. The van der Waals surface area contributed by atoms with E-state index in [4.69, 9.17) is 27.9 Å². The highest BCUT2D eigenvalue weighted by molar-refractivity contribution is 5.18. The van der Waals surface area contributed by atoms with Gasteiger partial charge in [-0.3, -0.25) is 0 Å². The van der Waals surface area contributed by atoms with Crippen molar-refractivity contribution >= 4 is 0 Å². The number of hydrogen-bond donors (Lipinski definition) is 2. The number of hydrogen-bond acceptors (Lipinski definition) is 6. The van der Waals surface area contributed by atoms with Gasteiger partial charge in [-0.25, -0.2) is 0 Å². The maximum Gasteiger partial charge on any atom is 1.00 e. The molecular weight excluding hydrogens is 352 g/mol. The van der Waals surface area contributed by atoms with Gasteiger partial charge >= 0.3 is 1.43 Å². The highest BCUT2D eigenvalue weighted by atomic mass is 16.4. The summed E-state index contributed by atoms with van der Waals surface area (Å²) in [6, 6.07) is 14.7. The molecule has 7 heteroatoms. The molecule has 0 saturated heterocycles. The van der Waals surface area contributed by atoms with Gasteiger partial charge in [-0.05, 0) is 48.5 Å². The summed E-state index contributed by atoms with van der Waals surface area (Å²) in [5.41, 5.74) is 0. The standard InChI is InChI=1S/C15H14O4.C5H6O2.H2O/c16-10-15-6-5-14(19-15)9-13-4-3-12(18-13)8-11-2-1-7-17-11;6-4-5-2-1-3-7-5;/h1-7,16H,8-10H2;1-3,6H,4H2;1H2/p+1. The van der Waals surface area contributed by atoms with Crippen molar-refractivity contribution in [2.75, 3.05) is 0 Å². The highest BCUT2D eigenvalue weighted by Crippen LogP contribution is 2.18. The van der Waals surface area contributed by atoms with E-state index in [1.54, 1.807) is 24.5 Å². The lowest BCUT2D eigenvalue weighted by Gasteiger charge is -1.95. The van der Waals surface area contributed by atoms with Crippen molar-refractivity contribution in [1.82, 2.24) is 0 Å². The molecule has 4 N–H and O–H groups in total. The van der Waals surface area contributed by atoms with Crippen molar-refractivity contribution in [2.24, 2.45) is 0 Å². The summed E-state index contributed by atoms with van der Waals surface area (Å²) in [5.74, 6) is 4.53. The van der Waals surface area contributed by atoms with Gasteiger partial charge in [0, 0.05) is 0 Å². The molecule has 0 bridgehead atoms. The Morgan fingerprint density at radius 3 is 1.44 bits per heavy atom. The quantitative estimate of drug-likeness (QED) is 0.533. The maximum absolute atomic E-state index is 8.94. The minimum atomic E-state index is -0.0815. The lowest BCUT2D eigenvalue weighted by atomic mass is 10.2. The van der Waals surface area contributed by atoms with Crippen LogP contribution in [0.5, 0.6) is 0 Å². The van der Waals surface area contributed by atoms with E-state index in [1.807, 2.05) is 30.3 Å². The maximum atomic E-state index is 8.94. The van der Waals surface area contributed by atoms with E-state index in [-0.39, 0.29) is 20.1 Å². The van der Waals surface area contributed by atoms with Crippen LogP contribution in [0, 0.1) is 0 Å². The average Bonchev–Trinajstić information content (AvgIpc) is 3.45. The molecule has 0 unspecified atom stereocenters. The summed E-state index contributed by atoms with van der Waals surface area (Å²) >= 11 is 0. The molecule has 0 saturated carbocycles. The second-order valence-electron chi connectivity index (χ2n) is 5.56. The normalized spacial score (nSPS) is 10.1. The zero-order valence-electron chi connectivity index (χ0n) is 15.6. The van der Waals surface area contributed by atoms with Gasteiger partial charge in [0.25, 0.3) is 0 Å². The Labute approximate surface area is 157 Å². The van der Waals surface area contributed by atoms with Crippen LogP contribution in [-0.2, 0) is 26.1 Å². The molecule has 0 atom stereocenters. The topological polar surface area (TPSA) is 125 Å². The summed E-state index contributed by atoms with van der Waals surface area (Å²) in [6.45, 7) is -0.0884. The van der Waals surface area contributed by atoms with Gasteiger partial charge in [-0.15, -0.1) is 0 Å². The van der Waals surface area contributed by atoms with Crippen molar-refractivity contribution in [2.45, 2.75) is 26.1 Å². The van der Waals surface area contributed by atoms with Crippen LogP contribution in [0.1, 0.15) is 36.0 Å². The van der Waals surface area contributed by atoms with Crippen molar-refractivity contribution in [1.29, 1.82) is 0 Å². The molecule has 4 aromatic heterocycles. The average molecular weight is 375 g/mol. The van der Waals surface area contributed by atoms with E-state index in [0.717, 1.165) is 23.0 Å². The molecule has 4 heterocycles. The molecule has 0 aliphatic rings. The molecule has 4 rings (SSSR count). The Morgan fingerprint density at radius 1 is 0.593 bits per heavy atom. The molecule has 0 aromatic carbocycles. The minimum absolute atomic E-state index is 0. The molecule has 0 radical (unpaired) electrons. The number of aliphatic hydroxyl groups excluding tert-OH is 2. The van der Waals surface area contributed by atoms with Gasteiger partial charge in [0.15, 0.2) is 0 Å². The van der Waals surface area contributed by atoms with Crippen LogP contribution in [0.3, 0.4) is 0 Å². The fourth-order valence-electron chi connectivity index (χ4n) is 2.37. The largest absolute Gasteiger partial charge is 1.00 e. The van der Waals surface area contributed by atoms with Gasteiger partial charge in [-0.1, -0.05) is 0 Å². The summed E-state index contributed by atoms with van der Waals surface area (Å²) in [6.07, 6.45) is 4.41. The van der Waals surface area contributed by atoms with E-state index in [1.165, 1.54) is 6.26 Å². The first kappa shape index (κ1) is 20.3. The van der Waals surface area contributed by atoms with E-state index >= 15 is 0 Å². The molecule has 144 valence electrons. The third kappa shape index (κ3) is 6.03. The van der Waals surface area contributed by atoms with Gasteiger partial charge in [0.1, 0.15) is 47.8 Å². The first-order chi connectivity index (χ1) is 12.8. The molecule has 7 nitrogen and oxygen atoms in total. The van der Waals surface area contributed by atoms with Crippen molar-refractivity contribution < 1.29 is 34.8 Å².